The minimum absolute atomic E-state index is 0.00160. The number of hydrazine groups is 1. The highest BCUT2D eigenvalue weighted by molar-refractivity contribution is 6.05. The van der Waals surface area contributed by atoms with Gasteiger partial charge in [-0.15, -0.1) is 0 Å². The van der Waals surface area contributed by atoms with Crippen molar-refractivity contribution in [2.75, 3.05) is 17.2 Å². The molecule has 0 saturated carbocycles. The SMILES string of the molecule is O=C(CNc1cccc(C(=O)Nc2cccc(C(F)(F)F)c2)c1)NNC(=O)c1ccccc1. The number of halogens is 3. The van der Waals surface area contributed by atoms with E-state index in [0.29, 0.717) is 11.3 Å². The van der Waals surface area contributed by atoms with E-state index in [4.69, 9.17) is 0 Å². The van der Waals surface area contributed by atoms with Crippen LogP contribution in [-0.4, -0.2) is 24.3 Å². The minimum Gasteiger partial charge on any atom is -0.376 e. The molecule has 0 fully saturated rings. The van der Waals surface area contributed by atoms with Crippen molar-refractivity contribution in [3.63, 3.8) is 0 Å². The van der Waals surface area contributed by atoms with Crippen LogP contribution in [0.5, 0.6) is 0 Å². The lowest BCUT2D eigenvalue weighted by Gasteiger charge is -2.11. The molecule has 0 aliphatic rings. The third-order valence-corrected chi connectivity index (χ3v) is 4.38. The molecule has 10 heteroatoms. The summed E-state index contributed by atoms with van der Waals surface area (Å²) >= 11 is 0. The lowest BCUT2D eigenvalue weighted by molar-refractivity contribution is -0.137. The monoisotopic (exact) mass is 456 g/mol. The summed E-state index contributed by atoms with van der Waals surface area (Å²) in [6.07, 6.45) is -4.52. The van der Waals surface area contributed by atoms with Gasteiger partial charge in [-0.1, -0.05) is 30.3 Å². The molecule has 0 radical (unpaired) electrons. The molecule has 0 bridgehead atoms. The van der Waals surface area contributed by atoms with E-state index in [1.807, 2.05) is 0 Å². The van der Waals surface area contributed by atoms with Crippen LogP contribution in [0.1, 0.15) is 26.3 Å². The van der Waals surface area contributed by atoms with Crippen molar-refractivity contribution < 1.29 is 27.6 Å². The Labute approximate surface area is 187 Å². The maximum atomic E-state index is 12.8. The van der Waals surface area contributed by atoms with Crippen LogP contribution in [-0.2, 0) is 11.0 Å². The van der Waals surface area contributed by atoms with Gasteiger partial charge in [-0.25, -0.2) is 0 Å². The molecule has 3 aromatic rings. The lowest BCUT2D eigenvalue weighted by atomic mass is 10.1. The molecule has 3 aromatic carbocycles. The molecule has 0 aliphatic heterocycles. The molecule has 3 rings (SSSR count). The zero-order valence-electron chi connectivity index (χ0n) is 17.1. The lowest BCUT2D eigenvalue weighted by Crippen LogP contribution is -2.44. The van der Waals surface area contributed by atoms with Gasteiger partial charge in [0.25, 0.3) is 17.7 Å². The van der Waals surface area contributed by atoms with Gasteiger partial charge in [-0.3, -0.25) is 25.2 Å². The van der Waals surface area contributed by atoms with Crippen molar-refractivity contribution in [2.24, 2.45) is 0 Å². The van der Waals surface area contributed by atoms with E-state index in [2.05, 4.69) is 21.5 Å². The molecule has 0 unspecified atom stereocenters. The van der Waals surface area contributed by atoms with Crippen molar-refractivity contribution in [3.8, 4) is 0 Å². The van der Waals surface area contributed by atoms with E-state index < -0.39 is 29.5 Å². The number of nitrogens with one attached hydrogen (secondary N) is 4. The topological polar surface area (TPSA) is 99.3 Å². The van der Waals surface area contributed by atoms with Crippen LogP contribution in [0.4, 0.5) is 24.5 Å². The fourth-order valence-corrected chi connectivity index (χ4v) is 2.76. The molecule has 7 nitrogen and oxygen atoms in total. The number of anilines is 2. The molecule has 0 atom stereocenters. The number of benzene rings is 3. The van der Waals surface area contributed by atoms with Crippen LogP contribution in [0.15, 0.2) is 78.9 Å². The second-order valence-corrected chi connectivity index (χ2v) is 6.84. The quantitative estimate of drug-likeness (QED) is 0.424. The average Bonchev–Trinajstić information content (AvgIpc) is 2.81. The zero-order valence-corrected chi connectivity index (χ0v) is 17.1. The Bertz CT molecular complexity index is 1150. The highest BCUT2D eigenvalue weighted by Crippen LogP contribution is 2.30. The number of rotatable bonds is 6. The van der Waals surface area contributed by atoms with Crippen molar-refractivity contribution in [1.29, 1.82) is 0 Å². The summed E-state index contributed by atoms with van der Waals surface area (Å²) in [5.74, 6) is -1.62. The van der Waals surface area contributed by atoms with Crippen molar-refractivity contribution in [3.05, 3.63) is 95.6 Å². The Morgan fingerprint density at radius 3 is 2.09 bits per heavy atom. The zero-order chi connectivity index (χ0) is 23.8. The molecule has 0 heterocycles. The third kappa shape index (κ3) is 6.82. The van der Waals surface area contributed by atoms with Crippen molar-refractivity contribution in [1.82, 2.24) is 10.9 Å². The summed E-state index contributed by atoms with van der Waals surface area (Å²) < 4.78 is 38.5. The molecule has 33 heavy (non-hydrogen) atoms. The van der Waals surface area contributed by atoms with Crippen LogP contribution in [0.3, 0.4) is 0 Å². The minimum atomic E-state index is -4.52. The van der Waals surface area contributed by atoms with Crippen LogP contribution in [0.25, 0.3) is 0 Å². The summed E-state index contributed by atoms with van der Waals surface area (Å²) in [6, 6.07) is 18.7. The molecular weight excluding hydrogens is 437 g/mol. The standard InChI is InChI=1S/C23H19F3N4O3/c24-23(25,26)17-9-5-11-19(13-17)28-21(32)16-8-4-10-18(12-16)27-14-20(31)29-30-22(33)15-6-2-1-3-7-15/h1-13,27H,14H2,(H,28,32)(H,29,31)(H,30,33). The van der Waals surface area contributed by atoms with Crippen LogP contribution < -0.4 is 21.5 Å². The maximum absolute atomic E-state index is 12.8. The van der Waals surface area contributed by atoms with Crippen LogP contribution >= 0.6 is 0 Å². The molecule has 170 valence electrons. The highest BCUT2D eigenvalue weighted by atomic mass is 19.4. The average molecular weight is 456 g/mol. The van der Waals surface area contributed by atoms with Crippen molar-refractivity contribution >= 4 is 29.1 Å². The summed E-state index contributed by atoms with van der Waals surface area (Å²) in [5.41, 5.74) is 4.66. The first kappa shape index (κ1) is 23.3. The fraction of sp³-hybridized carbons (Fsp3) is 0.0870. The van der Waals surface area contributed by atoms with Crippen LogP contribution in [0, 0.1) is 0 Å². The smallest absolute Gasteiger partial charge is 0.376 e. The molecule has 3 amide bonds. The molecule has 0 aromatic heterocycles. The maximum Gasteiger partial charge on any atom is 0.416 e. The molecule has 0 aliphatic carbocycles. The van der Waals surface area contributed by atoms with Gasteiger partial charge in [0, 0.05) is 22.5 Å². The number of hydrogen-bond donors (Lipinski definition) is 4. The predicted octanol–water partition coefficient (Wildman–Crippen LogP) is 3.83. The van der Waals surface area contributed by atoms with E-state index in [1.165, 1.54) is 24.3 Å². The summed E-state index contributed by atoms with van der Waals surface area (Å²) in [4.78, 5) is 36.3. The van der Waals surface area contributed by atoms with E-state index >= 15 is 0 Å². The van der Waals surface area contributed by atoms with E-state index in [-0.39, 0.29) is 17.8 Å². The Morgan fingerprint density at radius 2 is 1.36 bits per heavy atom. The summed E-state index contributed by atoms with van der Waals surface area (Å²) in [6.45, 7) is -0.201. The van der Waals surface area contributed by atoms with Gasteiger partial charge in [0.05, 0.1) is 12.1 Å². The Hall–Kier alpha value is -4.34. The number of carbonyl (C=O) groups excluding carboxylic acids is 3. The van der Waals surface area contributed by atoms with Gasteiger partial charge in [-0.05, 0) is 48.5 Å². The molecule has 4 N–H and O–H groups in total. The largest absolute Gasteiger partial charge is 0.416 e. The Kier molecular flexibility index (Phi) is 7.29. The second-order valence-electron chi connectivity index (χ2n) is 6.84. The first-order valence-electron chi connectivity index (χ1n) is 9.69. The number of amides is 3. The normalized spacial score (nSPS) is 10.8. The van der Waals surface area contributed by atoms with Gasteiger partial charge < -0.3 is 10.6 Å². The summed E-state index contributed by atoms with van der Waals surface area (Å²) in [5, 5.41) is 5.22. The van der Waals surface area contributed by atoms with E-state index in [9.17, 15) is 27.6 Å². The van der Waals surface area contributed by atoms with E-state index in [0.717, 1.165) is 12.1 Å². The number of carbonyl (C=O) groups is 3. The van der Waals surface area contributed by atoms with Gasteiger partial charge >= 0.3 is 6.18 Å². The number of hydrogen-bond acceptors (Lipinski definition) is 4. The Balaban J connectivity index is 1.53. The van der Waals surface area contributed by atoms with Crippen LogP contribution in [0.2, 0.25) is 0 Å². The first-order valence-corrected chi connectivity index (χ1v) is 9.69. The van der Waals surface area contributed by atoms with Gasteiger partial charge in [0.1, 0.15) is 0 Å². The predicted molar refractivity (Wildman–Crippen MR) is 116 cm³/mol. The molecular formula is C23H19F3N4O3. The number of alkyl halides is 3. The fourth-order valence-electron chi connectivity index (χ4n) is 2.76. The molecule has 0 saturated heterocycles. The third-order valence-electron chi connectivity index (χ3n) is 4.38. The highest BCUT2D eigenvalue weighted by Gasteiger charge is 2.30. The first-order chi connectivity index (χ1) is 15.7. The second kappa shape index (κ2) is 10.3. The van der Waals surface area contributed by atoms with E-state index in [1.54, 1.807) is 42.5 Å². The van der Waals surface area contributed by atoms with Gasteiger partial charge in [-0.2, -0.15) is 13.2 Å². The Morgan fingerprint density at radius 1 is 0.697 bits per heavy atom. The summed E-state index contributed by atoms with van der Waals surface area (Å²) in [7, 11) is 0. The molecule has 0 spiro atoms. The van der Waals surface area contributed by atoms with Gasteiger partial charge in [0.2, 0.25) is 0 Å². The van der Waals surface area contributed by atoms with Gasteiger partial charge in [0.15, 0.2) is 0 Å². The van der Waals surface area contributed by atoms with Crippen molar-refractivity contribution in [2.45, 2.75) is 6.18 Å².